The first kappa shape index (κ1) is 21.3. The molecule has 2 saturated heterocycles. The van der Waals surface area contributed by atoms with Gasteiger partial charge in [-0.05, 0) is 57.1 Å². The van der Waals surface area contributed by atoms with E-state index in [1.807, 2.05) is 16.4 Å². The van der Waals surface area contributed by atoms with Gasteiger partial charge in [-0.25, -0.2) is 4.39 Å². The average molecular weight is 434 g/mol. The minimum absolute atomic E-state index is 0.0618. The molecule has 1 amide bonds. The monoisotopic (exact) mass is 433 g/mol. The summed E-state index contributed by atoms with van der Waals surface area (Å²) in [6.07, 6.45) is 3.72. The normalized spacial score (nSPS) is 20.5. The molecule has 0 aliphatic carbocycles. The number of carbonyl (C=O) groups is 1. The molecule has 7 nitrogen and oxygen atoms in total. The Balaban J connectivity index is 1.51. The number of likely N-dealkylation sites (tertiary alicyclic amines) is 1. The third-order valence-corrected chi connectivity index (χ3v) is 6.43. The van der Waals surface area contributed by atoms with Gasteiger partial charge in [-0.15, -0.1) is 10.2 Å². The van der Waals surface area contributed by atoms with Crippen LogP contribution in [0.15, 0.2) is 29.4 Å². The summed E-state index contributed by atoms with van der Waals surface area (Å²) in [6.45, 7) is 6.57. The number of piperidine rings is 1. The Labute approximate surface area is 180 Å². The Morgan fingerprint density at radius 3 is 2.67 bits per heavy atom. The number of amides is 1. The van der Waals surface area contributed by atoms with Crippen molar-refractivity contribution in [1.82, 2.24) is 24.6 Å². The molecule has 0 spiro atoms. The predicted octanol–water partition coefficient (Wildman–Crippen LogP) is 2.73. The molecule has 30 heavy (non-hydrogen) atoms. The number of benzene rings is 1. The fourth-order valence-corrected chi connectivity index (χ4v) is 4.80. The molecule has 1 atom stereocenters. The number of morpholine rings is 1. The Morgan fingerprint density at radius 2 is 1.93 bits per heavy atom. The van der Waals surface area contributed by atoms with E-state index in [0.717, 1.165) is 24.6 Å². The molecule has 0 N–H and O–H groups in total. The second-order valence-corrected chi connectivity index (χ2v) is 8.80. The molecule has 2 aliphatic heterocycles. The lowest BCUT2D eigenvalue weighted by Crippen LogP contribution is -2.45. The van der Waals surface area contributed by atoms with Crippen LogP contribution in [0.25, 0.3) is 5.69 Å². The summed E-state index contributed by atoms with van der Waals surface area (Å²) in [5.41, 5.74) is 0.809. The first-order valence-corrected chi connectivity index (χ1v) is 11.5. The van der Waals surface area contributed by atoms with Crippen molar-refractivity contribution < 1.29 is 13.9 Å². The standard InChI is InChI=1S/C21H28FN5O2S/c1-16-13-26(11-12-29-16)20(28)15-30-21-24-23-19(14-25-9-3-2-4-10-25)27(21)18-7-5-17(22)6-8-18/h5-8,16H,2-4,9-15H2,1H3. The summed E-state index contributed by atoms with van der Waals surface area (Å²) in [5.74, 6) is 0.894. The molecule has 0 bridgehead atoms. The van der Waals surface area contributed by atoms with Crippen molar-refractivity contribution in [2.24, 2.45) is 0 Å². The van der Waals surface area contributed by atoms with Crippen LogP contribution in [-0.2, 0) is 16.1 Å². The summed E-state index contributed by atoms with van der Waals surface area (Å²) in [4.78, 5) is 16.9. The molecule has 2 aromatic rings. The Hall–Kier alpha value is -1.97. The maximum absolute atomic E-state index is 13.5. The molecule has 4 rings (SSSR count). The predicted molar refractivity (Wildman–Crippen MR) is 113 cm³/mol. The Bertz CT molecular complexity index is 854. The highest BCUT2D eigenvalue weighted by atomic mass is 32.2. The second-order valence-electron chi connectivity index (χ2n) is 7.86. The van der Waals surface area contributed by atoms with Crippen LogP contribution in [0.1, 0.15) is 32.0 Å². The molecule has 0 radical (unpaired) electrons. The van der Waals surface area contributed by atoms with Gasteiger partial charge in [0.1, 0.15) is 5.82 Å². The van der Waals surface area contributed by atoms with Crippen LogP contribution in [-0.4, -0.2) is 75.1 Å². The number of thioether (sulfide) groups is 1. The van der Waals surface area contributed by atoms with E-state index >= 15 is 0 Å². The third-order valence-electron chi connectivity index (χ3n) is 5.52. The highest BCUT2D eigenvalue weighted by Crippen LogP contribution is 2.24. The van der Waals surface area contributed by atoms with Gasteiger partial charge in [0.15, 0.2) is 11.0 Å². The fraction of sp³-hybridized carbons (Fsp3) is 0.571. The SMILES string of the molecule is CC1CN(C(=O)CSc2nnc(CN3CCCCC3)n2-c2ccc(F)cc2)CCO1. The van der Waals surface area contributed by atoms with E-state index in [9.17, 15) is 9.18 Å². The van der Waals surface area contributed by atoms with Crippen molar-refractivity contribution >= 4 is 17.7 Å². The van der Waals surface area contributed by atoms with Crippen molar-refractivity contribution in [3.05, 3.63) is 35.9 Å². The zero-order valence-electron chi connectivity index (χ0n) is 17.3. The van der Waals surface area contributed by atoms with E-state index in [1.165, 1.54) is 43.2 Å². The lowest BCUT2D eigenvalue weighted by Gasteiger charge is -2.31. The smallest absolute Gasteiger partial charge is 0.233 e. The molecule has 3 heterocycles. The van der Waals surface area contributed by atoms with Gasteiger partial charge in [0.25, 0.3) is 0 Å². The quantitative estimate of drug-likeness (QED) is 0.653. The number of hydrogen-bond acceptors (Lipinski definition) is 6. The average Bonchev–Trinajstić information content (AvgIpc) is 3.15. The molecule has 162 valence electrons. The Kier molecular flexibility index (Phi) is 7.01. The van der Waals surface area contributed by atoms with Gasteiger partial charge in [0.2, 0.25) is 5.91 Å². The van der Waals surface area contributed by atoms with Crippen LogP contribution in [0.4, 0.5) is 4.39 Å². The molecular weight excluding hydrogens is 405 g/mol. The van der Waals surface area contributed by atoms with Crippen LogP contribution < -0.4 is 0 Å². The maximum Gasteiger partial charge on any atom is 0.233 e. The minimum Gasteiger partial charge on any atom is -0.375 e. The highest BCUT2D eigenvalue weighted by molar-refractivity contribution is 7.99. The number of ether oxygens (including phenoxy) is 1. The van der Waals surface area contributed by atoms with Gasteiger partial charge in [0.05, 0.1) is 25.0 Å². The highest BCUT2D eigenvalue weighted by Gasteiger charge is 2.23. The van der Waals surface area contributed by atoms with Crippen molar-refractivity contribution in [1.29, 1.82) is 0 Å². The van der Waals surface area contributed by atoms with Crippen LogP contribution in [0, 0.1) is 5.82 Å². The topological polar surface area (TPSA) is 63.5 Å². The van der Waals surface area contributed by atoms with Crippen LogP contribution >= 0.6 is 11.8 Å². The van der Waals surface area contributed by atoms with E-state index in [0.29, 0.717) is 31.4 Å². The number of rotatable bonds is 6. The van der Waals surface area contributed by atoms with E-state index in [4.69, 9.17) is 4.74 Å². The molecule has 1 aromatic heterocycles. The van der Waals surface area contributed by atoms with Gasteiger partial charge in [-0.1, -0.05) is 18.2 Å². The first-order valence-electron chi connectivity index (χ1n) is 10.5. The maximum atomic E-state index is 13.5. The summed E-state index contributed by atoms with van der Waals surface area (Å²) >= 11 is 1.38. The van der Waals surface area contributed by atoms with E-state index < -0.39 is 0 Å². The van der Waals surface area contributed by atoms with Gasteiger partial charge in [0, 0.05) is 18.8 Å². The summed E-state index contributed by atoms with van der Waals surface area (Å²) in [5, 5.41) is 9.45. The number of aromatic nitrogens is 3. The fourth-order valence-electron chi connectivity index (χ4n) is 3.93. The van der Waals surface area contributed by atoms with Gasteiger partial charge >= 0.3 is 0 Å². The van der Waals surface area contributed by atoms with Crippen molar-refractivity contribution in [2.75, 3.05) is 38.5 Å². The van der Waals surface area contributed by atoms with E-state index in [2.05, 4.69) is 15.1 Å². The van der Waals surface area contributed by atoms with Crippen LogP contribution in [0.3, 0.4) is 0 Å². The molecule has 0 saturated carbocycles. The van der Waals surface area contributed by atoms with Crippen LogP contribution in [0.5, 0.6) is 0 Å². The molecule has 2 aliphatic rings. The Morgan fingerprint density at radius 1 is 1.17 bits per heavy atom. The zero-order chi connectivity index (χ0) is 20.9. The number of carbonyl (C=O) groups excluding carboxylic acids is 1. The van der Waals surface area contributed by atoms with Crippen LogP contribution in [0.2, 0.25) is 0 Å². The van der Waals surface area contributed by atoms with Gasteiger partial charge in [-0.2, -0.15) is 0 Å². The molecule has 2 fully saturated rings. The number of halogens is 1. The van der Waals surface area contributed by atoms with Gasteiger partial charge < -0.3 is 9.64 Å². The molecule has 1 unspecified atom stereocenters. The lowest BCUT2D eigenvalue weighted by molar-refractivity contribution is -0.135. The summed E-state index contributed by atoms with van der Waals surface area (Å²) < 4.78 is 21.0. The lowest BCUT2D eigenvalue weighted by atomic mass is 10.1. The van der Waals surface area contributed by atoms with E-state index in [1.54, 1.807) is 12.1 Å². The van der Waals surface area contributed by atoms with E-state index in [-0.39, 0.29) is 23.6 Å². The van der Waals surface area contributed by atoms with Gasteiger partial charge in [-0.3, -0.25) is 14.3 Å². The minimum atomic E-state index is -0.282. The third kappa shape index (κ3) is 5.19. The summed E-state index contributed by atoms with van der Waals surface area (Å²) in [7, 11) is 0. The summed E-state index contributed by atoms with van der Waals surface area (Å²) in [6, 6.07) is 6.34. The number of hydrogen-bond donors (Lipinski definition) is 0. The van der Waals surface area contributed by atoms with Crippen molar-refractivity contribution in [2.45, 2.75) is 44.0 Å². The molecule has 1 aromatic carbocycles. The zero-order valence-corrected chi connectivity index (χ0v) is 18.1. The second kappa shape index (κ2) is 9.89. The molecule has 9 heteroatoms. The van der Waals surface area contributed by atoms with Crippen molar-refractivity contribution in [3.8, 4) is 5.69 Å². The first-order chi connectivity index (χ1) is 14.6. The molecular formula is C21H28FN5O2S. The van der Waals surface area contributed by atoms with Crippen molar-refractivity contribution in [3.63, 3.8) is 0 Å². The number of nitrogens with zero attached hydrogens (tertiary/aromatic N) is 5. The largest absolute Gasteiger partial charge is 0.375 e.